The molecular formula is C16H14N2O5. The Balaban J connectivity index is 2.21. The van der Waals surface area contributed by atoms with Crippen LogP contribution in [0.15, 0.2) is 54.6 Å². The first-order valence-corrected chi connectivity index (χ1v) is 6.79. The summed E-state index contributed by atoms with van der Waals surface area (Å²) >= 11 is 0. The van der Waals surface area contributed by atoms with E-state index < -0.39 is 22.8 Å². The van der Waals surface area contributed by atoms with Crippen molar-refractivity contribution in [1.29, 1.82) is 0 Å². The van der Waals surface area contributed by atoms with Crippen molar-refractivity contribution in [3.05, 3.63) is 75.8 Å². The SMILES string of the molecule is O=C(O)CC(NC(=O)c1ccccc1)c1ccc([N+](=O)[O-])cc1. The van der Waals surface area contributed by atoms with E-state index >= 15 is 0 Å². The molecule has 1 unspecified atom stereocenters. The van der Waals surface area contributed by atoms with Crippen LogP contribution in [0.4, 0.5) is 5.69 Å². The van der Waals surface area contributed by atoms with Gasteiger partial charge in [0.1, 0.15) is 0 Å². The number of aliphatic carboxylic acids is 1. The quantitative estimate of drug-likeness (QED) is 0.629. The zero-order chi connectivity index (χ0) is 16.8. The average molecular weight is 314 g/mol. The number of nitro groups is 1. The van der Waals surface area contributed by atoms with Gasteiger partial charge in [-0.05, 0) is 17.7 Å². The van der Waals surface area contributed by atoms with Crippen LogP contribution in [0.2, 0.25) is 0 Å². The highest BCUT2D eigenvalue weighted by molar-refractivity contribution is 5.94. The summed E-state index contributed by atoms with van der Waals surface area (Å²) in [6, 6.07) is 13.1. The number of benzene rings is 2. The molecule has 7 nitrogen and oxygen atoms in total. The number of carboxylic acids is 1. The van der Waals surface area contributed by atoms with Crippen molar-refractivity contribution in [2.24, 2.45) is 0 Å². The van der Waals surface area contributed by atoms with Crippen molar-refractivity contribution in [1.82, 2.24) is 5.32 Å². The Labute approximate surface area is 131 Å². The Morgan fingerprint density at radius 3 is 2.22 bits per heavy atom. The fraction of sp³-hybridized carbons (Fsp3) is 0.125. The van der Waals surface area contributed by atoms with Crippen molar-refractivity contribution < 1.29 is 19.6 Å². The van der Waals surface area contributed by atoms with E-state index in [1.165, 1.54) is 24.3 Å². The number of carbonyl (C=O) groups excluding carboxylic acids is 1. The molecule has 0 heterocycles. The lowest BCUT2D eigenvalue weighted by Gasteiger charge is -2.17. The third kappa shape index (κ3) is 4.37. The van der Waals surface area contributed by atoms with E-state index in [1.54, 1.807) is 30.3 Å². The van der Waals surface area contributed by atoms with Gasteiger partial charge in [0.25, 0.3) is 11.6 Å². The average Bonchev–Trinajstić information content (AvgIpc) is 2.54. The molecule has 0 aliphatic heterocycles. The van der Waals surface area contributed by atoms with Crippen LogP contribution in [0.3, 0.4) is 0 Å². The lowest BCUT2D eigenvalue weighted by atomic mass is 10.0. The van der Waals surface area contributed by atoms with Crippen molar-refractivity contribution in [3.63, 3.8) is 0 Å². The normalized spacial score (nSPS) is 11.5. The minimum Gasteiger partial charge on any atom is -0.481 e. The summed E-state index contributed by atoms with van der Waals surface area (Å²) in [6.07, 6.45) is -0.323. The molecule has 0 saturated carbocycles. The number of rotatable bonds is 6. The maximum Gasteiger partial charge on any atom is 0.305 e. The summed E-state index contributed by atoms with van der Waals surface area (Å²) in [5, 5.41) is 22.3. The van der Waals surface area contributed by atoms with Gasteiger partial charge in [-0.1, -0.05) is 30.3 Å². The molecule has 118 valence electrons. The molecule has 1 atom stereocenters. The van der Waals surface area contributed by atoms with Gasteiger partial charge < -0.3 is 10.4 Å². The van der Waals surface area contributed by atoms with Crippen LogP contribution < -0.4 is 5.32 Å². The van der Waals surface area contributed by atoms with E-state index in [0.717, 1.165) is 0 Å². The second-order valence-corrected chi connectivity index (χ2v) is 4.84. The van der Waals surface area contributed by atoms with E-state index in [4.69, 9.17) is 5.11 Å². The zero-order valence-electron chi connectivity index (χ0n) is 12.0. The Kier molecular flexibility index (Phi) is 5.03. The number of hydrogen-bond donors (Lipinski definition) is 2. The molecule has 23 heavy (non-hydrogen) atoms. The van der Waals surface area contributed by atoms with Gasteiger partial charge in [-0.15, -0.1) is 0 Å². The number of carboxylic acid groups (broad SMARTS) is 1. The lowest BCUT2D eigenvalue weighted by molar-refractivity contribution is -0.384. The van der Waals surface area contributed by atoms with Gasteiger partial charge in [-0.2, -0.15) is 0 Å². The maximum atomic E-state index is 12.2. The number of hydrogen-bond acceptors (Lipinski definition) is 4. The lowest BCUT2D eigenvalue weighted by Crippen LogP contribution is -2.30. The van der Waals surface area contributed by atoms with Gasteiger partial charge >= 0.3 is 5.97 Å². The molecule has 2 N–H and O–H groups in total. The summed E-state index contributed by atoms with van der Waals surface area (Å²) < 4.78 is 0. The van der Waals surface area contributed by atoms with Crippen molar-refractivity contribution in [2.75, 3.05) is 0 Å². The summed E-state index contributed by atoms with van der Waals surface area (Å²) in [5.74, 6) is -1.49. The third-order valence-electron chi connectivity index (χ3n) is 3.23. The molecule has 0 saturated heterocycles. The first-order chi connectivity index (χ1) is 11.0. The van der Waals surface area contributed by atoms with Crippen LogP contribution in [-0.4, -0.2) is 21.9 Å². The second kappa shape index (κ2) is 7.17. The predicted octanol–water partition coefficient (Wildman–Crippen LogP) is 2.54. The Morgan fingerprint density at radius 2 is 1.70 bits per heavy atom. The first-order valence-electron chi connectivity index (χ1n) is 6.79. The van der Waals surface area contributed by atoms with E-state index in [9.17, 15) is 19.7 Å². The standard InChI is InChI=1S/C16H14N2O5/c19-15(20)10-14(11-6-8-13(9-7-11)18(22)23)17-16(21)12-4-2-1-3-5-12/h1-9,14H,10H2,(H,17,21)(H,19,20). The molecule has 2 aromatic rings. The molecule has 2 rings (SSSR count). The molecule has 7 heteroatoms. The second-order valence-electron chi connectivity index (χ2n) is 4.84. The highest BCUT2D eigenvalue weighted by Crippen LogP contribution is 2.21. The van der Waals surface area contributed by atoms with Gasteiger partial charge in [0, 0.05) is 17.7 Å². The summed E-state index contributed by atoms with van der Waals surface area (Å²) in [7, 11) is 0. The largest absolute Gasteiger partial charge is 0.481 e. The van der Waals surface area contributed by atoms with Gasteiger partial charge in [-0.3, -0.25) is 19.7 Å². The number of nitrogens with zero attached hydrogens (tertiary/aromatic N) is 1. The molecule has 2 aromatic carbocycles. The number of carbonyl (C=O) groups is 2. The summed E-state index contributed by atoms with van der Waals surface area (Å²) in [4.78, 5) is 33.3. The fourth-order valence-corrected chi connectivity index (χ4v) is 2.09. The Hall–Kier alpha value is -3.22. The third-order valence-corrected chi connectivity index (χ3v) is 3.23. The molecular weight excluding hydrogens is 300 g/mol. The van der Waals surface area contributed by atoms with Crippen LogP contribution in [-0.2, 0) is 4.79 Å². The fourth-order valence-electron chi connectivity index (χ4n) is 2.09. The molecule has 0 fully saturated rings. The number of nitrogens with one attached hydrogen (secondary N) is 1. The maximum absolute atomic E-state index is 12.2. The highest BCUT2D eigenvalue weighted by atomic mass is 16.6. The van der Waals surface area contributed by atoms with Gasteiger partial charge in [0.2, 0.25) is 0 Å². The van der Waals surface area contributed by atoms with E-state index in [-0.39, 0.29) is 12.1 Å². The van der Waals surface area contributed by atoms with E-state index in [0.29, 0.717) is 11.1 Å². The first kappa shape index (κ1) is 16.2. The highest BCUT2D eigenvalue weighted by Gasteiger charge is 2.19. The number of non-ortho nitro benzene ring substituents is 1. The monoisotopic (exact) mass is 314 g/mol. The molecule has 0 radical (unpaired) electrons. The predicted molar refractivity (Wildman–Crippen MR) is 82.0 cm³/mol. The topological polar surface area (TPSA) is 110 Å². The summed E-state index contributed by atoms with van der Waals surface area (Å²) in [6.45, 7) is 0. The minimum atomic E-state index is -1.08. The molecule has 0 aliphatic carbocycles. The van der Waals surface area contributed by atoms with Crippen molar-refractivity contribution >= 4 is 17.6 Å². The van der Waals surface area contributed by atoms with Gasteiger partial charge in [0.15, 0.2) is 0 Å². The number of nitro benzene ring substituents is 1. The van der Waals surface area contributed by atoms with Crippen LogP contribution in [0, 0.1) is 10.1 Å². The van der Waals surface area contributed by atoms with E-state index in [2.05, 4.69) is 5.32 Å². The van der Waals surface area contributed by atoms with E-state index in [1.807, 2.05) is 0 Å². The minimum absolute atomic E-state index is 0.0998. The van der Waals surface area contributed by atoms with Crippen LogP contribution in [0.25, 0.3) is 0 Å². The smallest absolute Gasteiger partial charge is 0.305 e. The van der Waals surface area contributed by atoms with Crippen molar-refractivity contribution in [3.8, 4) is 0 Å². The molecule has 0 bridgehead atoms. The number of amides is 1. The van der Waals surface area contributed by atoms with Crippen LogP contribution in [0.1, 0.15) is 28.4 Å². The molecule has 1 amide bonds. The van der Waals surface area contributed by atoms with Crippen molar-refractivity contribution in [2.45, 2.75) is 12.5 Å². The Morgan fingerprint density at radius 1 is 1.09 bits per heavy atom. The Bertz CT molecular complexity index is 713. The van der Waals surface area contributed by atoms with Gasteiger partial charge in [0.05, 0.1) is 17.4 Å². The van der Waals surface area contributed by atoms with Crippen LogP contribution in [0.5, 0.6) is 0 Å². The molecule has 0 aromatic heterocycles. The molecule has 0 spiro atoms. The van der Waals surface area contributed by atoms with Crippen LogP contribution >= 0.6 is 0 Å². The van der Waals surface area contributed by atoms with Gasteiger partial charge in [-0.25, -0.2) is 0 Å². The zero-order valence-corrected chi connectivity index (χ0v) is 12.0. The summed E-state index contributed by atoms with van der Waals surface area (Å²) in [5.41, 5.74) is 0.796. The molecule has 0 aliphatic rings.